The van der Waals surface area contributed by atoms with Crippen LogP contribution in [0.2, 0.25) is 20.1 Å². The van der Waals surface area contributed by atoms with Gasteiger partial charge in [0.05, 0.1) is 15.1 Å². The van der Waals surface area contributed by atoms with E-state index in [2.05, 4.69) is 0 Å². The van der Waals surface area contributed by atoms with E-state index in [0.717, 1.165) is 9.79 Å². The molecule has 0 N–H and O–H groups in total. The third-order valence-electron chi connectivity index (χ3n) is 2.03. The Kier molecular flexibility index (Phi) is 4.51. The smallest absolute Gasteiger partial charge is 0.0731 e. The molecule has 0 atom stereocenters. The normalized spacial score (nSPS) is 10.6. The van der Waals surface area contributed by atoms with Crippen molar-refractivity contribution in [3.63, 3.8) is 0 Å². The second-order valence-corrected chi connectivity index (χ2v) is 5.94. The highest BCUT2D eigenvalue weighted by Crippen LogP contribution is 2.40. The van der Waals surface area contributed by atoms with E-state index < -0.39 is 0 Å². The van der Waals surface area contributed by atoms with Gasteiger partial charge in [0.1, 0.15) is 0 Å². The van der Waals surface area contributed by atoms with Crippen LogP contribution in [0, 0.1) is 0 Å². The summed E-state index contributed by atoms with van der Waals surface area (Å²) in [6.07, 6.45) is 0. The summed E-state index contributed by atoms with van der Waals surface area (Å²) in [7, 11) is 0. The fourth-order valence-electron chi connectivity index (χ4n) is 1.24. The fraction of sp³-hybridized carbons (Fsp3) is 0. The van der Waals surface area contributed by atoms with Gasteiger partial charge in [0, 0.05) is 14.8 Å². The molecule has 0 bridgehead atoms. The maximum Gasteiger partial charge on any atom is 0.0731 e. The van der Waals surface area contributed by atoms with Crippen molar-refractivity contribution in [2.45, 2.75) is 9.79 Å². The van der Waals surface area contributed by atoms with Gasteiger partial charge in [-0.05, 0) is 30.3 Å². The van der Waals surface area contributed by atoms with Gasteiger partial charge in [0.15, 0.2) is 0 Å². The molecular formula is C12H6Cl4S. The van der Waals surface area contributed by atoms with Crippen LogP contribution in [0.1, 0.15) is 0 Å². The van der Waals surface area contributed by atoms with Crippen molar-refractivity contribution >= 4 is 58.2 Å². The standard InChI is InChI=1S/C12H6Cl4S/c13-7-4-5-8(14)11(6-7)17-10-3-1-2-9(15)12(10)16/h1-6H. The predicted octanol–water partition coefficient (Wildman–Crippen LogP) is 6.45. The summed E-state index contributed by atoms with van der Waals surface area (Å²) >= 11 is 25.5. The van der Waals surface area contributed by atoms with Crippen molar-refractivity contribution in [2.75, 3.05) is 0 Å². The quantitative estimate of drug-likeness (QED) is 0.611. The third kappa shape index (κ3) is 3.24. The van der Waals surface area contributed by atoms with E-state index in [1.165, 1.54) is 11.8 Å². The van der Waals surface area contributed by atoms with E-state index in [9.17, 15) is 0 Å². The monoisotopic (exact) mass is 322 g/mol. The first-order valence-electron chi connectivity index (χ1n) is 4.65. The van der Waals surface area contributed by atoms with Crippen molar-refractivity contribution < 1.29 is 0 Å². The highest BCUT2D eigenvalue weighted by molar-refractivity contribution is 7.99. The van der Waals surface area contributed by atoms with Crippen LogP contribution < -0.4 is 0 Å². The van der Waals surface area contributed by atoms with Crippen LogP contribution in [0.15, 0.2) is 46.2 Å². The Hall–Kier alpha value is -0.0500. The summed E-state index contributed by atoms with van der Waals surface area (Å²) in [6.45, 7) is 0. The van der Waals surface area contributed by atoms with Crippen LogP contribution in [0.25, 0.3) is 0 Å². The van der Waals surface area contributed by atoms with E-state index in [0.29, 0.717) is 20.1 Å². The van der Waals surface area contributed by atoms with E-state index >= 15 is 0 Å². The fourth-order valence-corrected chi connectivity index (χ4v) is 3.11. The van der Waals surface area contributed by atoms with Gasteiger partial charge in [0.2, 0.25) is 0 Å². The first kappa shape index (κ1) is 13.4. The second-order valence-electron chi connectivity index (χ2n) is 3.23. The molecule has 0 nitrogen and oxygen atoms in total. The lowest BCUT2D eigenvalue weighted by Crippen LogP contribution is -1.79. The largest absolute Gasteiger partial charge is 0.0869 e. The summed E-state index contributed by atoms with van der Waals surface area (Å²) in [5.74, 6) is 0. The molecule has 0 aromatic heterocycles. The molecule has 17 heavy (non-hydrogen) atoms. The molecule has 0 saturated carbocycles. The summed E-state index contributed by atoms with van der Waals surface area (Å²) in [5, 5.41) is 2.32. The molecule has 88 valence electrons. The lowest BCUT2D eigenvalue weighted by Gasteiger charge is -2.07. The van der Waals surface area contributed by atoms with Crippen molar-refractivity contribution in [3.05, 3.63) is 56.5 Å². The van der Waals surface area contributed by atoms with Crippen LogP contribution >= 0.6 is 58.2 Å². The Morgan fingerprint density at radius 1 is 0.765 bits per heavy atom. The van der Waals surface area contributed by atoms with Crippen molar-refractivity contribution in [3.8, 4) is 0 Å². The number of benzene rings is 2. The average Bonchev–Trinajstić information content (AvgIpc) is 2.30. The van der Waals surface area contributed by atoms with Gasteiger partial charge >= 0.3 is 0 Å². The second kappa shape index (κ2) is 5.73. The zero-order valence-corrected chi connectivity index (χ0v) is 12.2. The van der Waals surface area contributed by atoms with E-state index in [1.54, 1.807) is 24.3 Å². The molecule has 2 rings (SSSR count). The molecular weight excluding hydrogens is 318 g/mol. The van der Waals surface area contributed by atoms with E-state index in [1.807, 2.05) is 12.1 Å². The first-order valence-corrected chi connectivity index (χ1v) is 6.97. The Morgan fingerprint density at radius 2 is 1.53 bits per heavy atom. The van der Waals surface area contributed by atoms with Gasteiger partial charge in [-0.25, -0.2) is 0 Å². The first-order chi connectivity index (χ1) is 8.08. The number of hydrogen-bond donors (Lipinski definition) is 0. The zero-order valence-electron chi connectivity index (χ0n) is 8.38. The number of hydrogen-bond acceptors (Lipinski definition) is 1. The molecule has 0 heterocycles. The molecule has 0 aliphatic carbocycles. The Balaban J connectivity index is 2.38. The van der Waals surface area contributed by atoms with Gasteiger partial charge in [-0.2, -0.15) is 0 Å². The maximum atomic E-state index is 6.11. The van der Waals surface area contributed by atoms with Crippen molar-refractivity contribution in [2.24, 2.45) is 0 Å². The third-order valence-corrected chi connectivity index (χ3v) is 4.75. The molecule has 2 aromatic carbocycles. The minimum absolute atomic E-state index is 0.523. The summed E-state index contributed by atoms with van der Waals surface area (Å²) < 4.78 is 0. The van der Waals surface area contributed by atoms with Crippen LogP contribution in [0.4, 0.5) is 0 Å². The summed E-state index contributed by atoms with van der Waals surface area (Å²) in [6, 6.07) is 10.8. The molecule has 0 spiro atoms. The summed E-state index contributed by atoms with van der Waals surface area (Å²) in [4.78, 5) is 1.70. The molecule has 0 unspecified atom stereocenters. The van der Waals surface area contributed by atoms with Crippen molar-refractivity contribution in [1.82, 2.24) is 0 Å². The van der Waals surface area contributed by atoms with Crippen molar-refractivity contribution in [1.29, 1.82) is 0 Å². The molecule has 5 heteroatoms. The van der Waals surface area contributed by atoms with Crippen LogP contribution in [0.3, 0.4) is 0 Å². The highest BCUT2D eigenvalue weighted by atomic mass is 35.5. The highest BCUT2D eigenvalue weighted by Gasteiger charge is 2.09. The molecule has 0 fully saturated rings. The van der Waals surface area contributed by atoms with Gasteiger partial charge in [-0.3, -0.25) is 0 Å². The minimum Gasteiger partial charge on any atom is -0.0869 e. The average molecular weight is 324 g/mol. The molecule has 2 aromatic rings. The van der Waals surface area contributed by atoms with Gasteiger partial charge < -0.3 is 0 Å². The molecule has 0 radical (unpaired) electrons. The Labute approximate surface area is 124 Å². The number of rotatable bonds is 2. The molecule has 0 saturated heterocycles. The number of halogens is 4. The Morgan fingerprint density at radius 3 is 2.29 bits per heavy atom. The van der Waals surface area contributed by atoms with E-state index in [-0.39, 0.29) is 0 Å². The zero-order chi connectivity index (χ0) is 12.4. The molecule has 0 aliphatic heterocycles. The van der Waals surface area contributed by atoms with Gasteiger partial charge in [-0.1, -0.05) is 64.2 Å². The summed E-state index contributed by atoms with van der Waals surface area (Å²) in [5.41, 5.74) is 0. The SMILES string of the molecule is Clc1ccc(Cl)c(Sc2cccc(Cl)c2Cl)c1. The minimum atomic E-state index is 0.523. The maximum absolute atomic E-state index is 6.11. The topological polar surface area (TPSA) is 0 Å². The predicted molar refractivity (Wildman–Crippen MR) is 77.0 cm³/mol. The van der Waals surface area contributed by atoms with Gasteiger partial charge in [-0.15, -0.1) is 0 Å². The van der Waals surface area contributed by atoms with E-state index in [4.69, 9.17) is 46.4 Å². The Bertz CT molecular complexity index is 554. The van der Waals surface area contributed by atoms with Crippen LogP contribution in [-0.4, -0.2) is 0 Å². The molecule has 0 aliphatic rings. The van der Waals surface area contributed by atoms with Gasteiger partial charge in [0.25, 0.3) is 0 Å². The van der Waals surface area contributed by atoms with Crippen LogP contribution in [-0.2, 0) is 0 Å². The lowest BCUT2D eigenvalue weighted by molar-refractivity contribution is 1.41. The molecule has 0 amide bonds. The van der Waals surface area contributed by atoms with Crippen LogP contribution in [0.5, 0.6) is 0 Å². The lowest BCUT2D eigenvalue weighted by atomic mass is 10.3.